The minimum Gasteiger partial charge on any atom is -0.378 e. The number of unbranched alkanes of at least 4 members (excludes halogenated alkanes) is 1. The van der Waals surface area contributed by atoms with E-state index in [1.165, 1.54) is 77.0 Å². The Kier molecular flexibility index (Phi) is 6.08. The van der Waals surface area contributed by atoms with Crippen LogP contribution in [0.2, 0.25) is 0 Å². The zero-order valence-electron chi connectivity index (χ0n) is 21.3. The van der Waals surface area contributed by atoms with Crippen molar-refractivity contribution in [1.29, 1.82) is 0 Å². The quantitative estimate of drug-likeness (QED) is 0.289. The Morgan fingerprint density at radius 2 is 1.84 bits per heavy atom. The van der Waals surface area contributed by atoms with Gasteiger partial charge in [0.2, 0.25) is 0 Å². The van der Waals surface area contributed by atoms with Gasteiger partial charge in [-0.05, 0) is 92.8 Å². The van der Waals surface area contributed by atoms with E-state index in [2.05, 4.69) is 34.6 Å². The van der Waals surface area contributed by atoms with E-state index < -0.39 is 0 Å². The molecule has 0 bridgehead atoms. The molecule has 2 nitrogen and oxygen atoms in total. The van der Waals surface area contributed by atoms with Crippen LogP contribution in [0.25, 0.3) is 0 Å². The van der Waals surface area contributed by atoms with E-state index in [4.69, 9.17) is 9.47 Å². The first-order valence-corrected chi connectivity index (χ1v) is 14.1. The first-order chi connectivity index (χ1) is 14.8. The highest BCUT2D eigenvalue weighted by Gasteiger charge is 2.76. The third kappa shape index (κ3) is 3.56. The van der Waals surface area contributed by atoms with E-state index in [-0.39, 0.29) is 5.60 Å². The van der Waals surface area contributed by atoms with Crippen molar-refractivity contribution in [2.45, 2.75) is 136 Å². The van der Waals surface area contributed by atoms with E-state index in [1.807, 2.05) is 0 Å². The lowest BCUT2D eigenvalue weighted by Gasteiger charge is -2.59. The van der Waals surface area contributed by atoms with Gasteiger partial charge in [-0.2, -0.15) is 0 Å². The maximum Gasteiger partial charge on any atom is 0.103 e. The van der Waals surface area contributed by atoms with Gasteiger partial charge in [-0.25, -0.2) is 0 Å². The molecule has 0 aromatic rings. The topological polar surface area (TPSA) is 21.8 Å². The molecule has 4 aliphatic carbocycles. The van der Waals surface area contributed by atoms with Crippen LogP contribution < -0.4 is 0 Å². The normalized spacial score (nSPS) is 50.5. The lowest BCUT2D eigenvalue weighted by Crippen LogP contribution is -2.58. The number of ether oxygens (including phenoxy) is 2. The molecule has 5 rings (SSSR count). The highest BCUT2D eigenvalue weighted by Crippen LogP contribution is 2.74. The van der Waals surface area contributed by atoms with Crippen molar-refractivity contribution in [2.24, 2.45) is 40.4 Å². The minimum atomic E-state index is 0.174. The lowest BCUT2D eigenvalue weighted by atomic mass is 9.44. The number of rotatable bonds is 8. The fourth-order valence-corrected chi connectivity index (χ4v) is 9.59. The average molecular weight is 431 g/mol. The molecule has 178 valence electrons. The van der Waals surface area contributed by atoms with Gasteiger partial charge in [0.25, 0.3) is 0 Å². The van der Waals surface area contributed by atoms with Crippen molar-refractivity contribution in [1.82, 2.24) is 0 Å². The summed E-state index contributed by atoms with van der Waals surface area (Å²) in [5.41, 5.74) is 1.20. The molecule has 0 aromatic heterocycles. The minimum absolute atomic E-state index is 0.174. The second-order valence-electron chi connectivity index (χ2n) is 13.3. The zero-order valence-corrected chi connectivity index (χ0v) is 21.3. The SMILES string of the molecule is CCCOC1CCC2(C)C3CCC4(C)C(CCCCC(C)C)CCC4C3CC3OC32C1. The van der Waals surface area contributed by atoms with E-state index in [0.29, 0.717) is 23.0 Å². The third-order valence-electron chi connectivity index (χ3n) is 11.4. The standard InChI is InChI=1S/C29H50O2/c1-6-17-30-22-13-16-28(5)25-14-15-27(4)21(10-8-7-9-20(2)3)11-12-24(27)23(25)18-26-29(28,19-22)31-26/h20-26H,6-19H2,1-5H3. The number of fused-ring (bicyclic) bond motifs is 4. The van der Waals surface area contributed by atoms with E-state index in [1.54, 1.807) is 0 Å². The van der Waals surface area contributed by atoms with Gasteiger partial charge in [-0.15, -0.1) is 0 Å². The summed E-state index contributed by atoms with van der Waals surface area (Å²) in [6.07, 6.45) is 19.0. The summed E-state index contributed by atoms with van der Waals surface area (Å²) in [6, 6.07) is 0. The van der Waals surface area contributed by atoms with Crippen LogP contribution >= 0.6 is 0 Å². The van der Waals surface area contributed by atoms with Gasteiger partial charge in [-0.1, -0.05) is 53.9 Å². The number of epoxide rings is 1. The highest BCUT2D eigenvalue weighted by molar-refractivity contribution is 5.24. The van der Waals surface area contributed by atoms with Gasteiger partial charge < -0.3 is 9.47 Å². The van der Waals surface area contributed by atoms with Gasteiger partial charge in [0.15, 0.2) is 0 Å². The maximum absolute atomic E-state index is 6.70. The molecule has 5 aliphatic rings. The molecule has 0 radical (unpaired) electrons. The van der Waals surface area contributed by atoms with Crippen molar-refractivity contribution in [3.8, 4) is 0 Å². The van der Waals surface area contributed by atoms with Crippen molar-refractivity contribution < 1.29 is 9.47 Å². The fourth-order valence-electron chi connectivity index (χ4n) is 9.59. The van der Waals surface area contributed by atoms with Crippen LogP contribution in [0.3, 0.4) is 0 Å². The molecule has 1 heterocycles. The number of hydrogen-bond donors (Lipinski definition) is 0. The van der Waals surface area contributed by atoms with E-state index in [9.17, 15) is 0 Å². The molecular weight excluding hydrogens is 380 g/mol. The van der Waals surface area contributed by atoms with Crippen molar-refractivity contribution in [3.05, 3.63) is 0 Å². The molecule has 4 saturated carbocycles. The molecule has 5 fully saturated rings. The third-order valence-corrected chi connectivity index (χ3v) is 11.4. The van der Waals surface area contributed by atoms with Crippen molar-refractivity contribution in [2.75, 3.05) is 6.61 Å². The first kappa shape index (κ1) is 22.7. The summed E-state index contributed by atoms with van der Waals surface area (Å²) in [4.78, 5) is 0. The first-order valence-electron chi connectivity index (χ1n) is 14.1. The summed E-state index contributed by atoms with van der Waals surface area (Å²) < 4.78 is 12.9. The Balaban J connectivity index is 1.27. The summed E-state index contributed by atoms with van der Waals surface area (Å²) in [5.74, 6) is 4.65. The molecule has 0 N–H and O–H groups in total. The van der Waals surface area contributed by atoms with Crippen molar-refractivity contribution >= 4 is 0 Å². The highest BCUT2D eigenvalue weighted by atomic mass is 16.6. The van der Waals surface area contributed by atoms with Gasteiger partial charge >= 0.3 is 0 Å². The van der Waals surface area contributed by atoms with E-state index in [0.717, 1.165) is 42.6 Å². The summed E-state index contributed by atoms with van der Waals surface area (Å²) >= 11 is 0. The zero-order chi connectivity index (χ0) is 21.9. The average Bonchev–Trinajstić information content (AvgIpc) is 3.33. The van der Waals surface area contributed by atoms with Gasteiger partial charge in [0, 0.05) is 18.4 Å². The van der Waals surface area contributed by atoms with Gasteiger partial charge in [0.05, 0.1) is 12.2 Å². The molecule has 0 aromatic carbocycles. The predicted octanol–water partition coefficient (Wildman–Crippen LogP) is 7.79. The molecule has 1 aliphatic heterocycles. The second-order valence-corrected chi connectivity index (χ2v) is 13.3. The smallest absolute Gasteiger partial charge is 0.103 e. The van der Waals surface area contributed by atoms with Crippen LogP contribution in [0.1, 0.15) is 118 Å². The Hall–Kier alpha value is -0.0800. The van der Waals surface area contributed by atoms with Gasteiger partial charge in [0.1, 0.15) is 5.60 Å². The lowest BCUT2D eigenvalue weighted by molar-refractivity contribution is -0.123. The van der Waals surface area contributed by atoms with Crippen LogP contribution in [0.4, 0.5) is 0 Å². The van der Waals surface area contributed by atoms with Gasteiger partial charge in [-0.3, -0.25) is 0 Å². The molecule has 9 unspecified atom stereocenters. The van der Waals surface area contributed by atoms with Crippen LogP contribution in [0.5, 0.6) is 0 Å². The maximum atomic E-state index is 6.70. The Labute approximate surface area is 192 Å². The molecule has 0 amide bonds. The monoisotopic (exact) mass is 430 g/mol. The molecule has 2 heteroatoms. The summed E-state index contributed by atoms with van der Waals surface area (Å²) in [5, 5.41) is 0. The summed E-state index contributed by atoms with van der Waals surface area (Å²) in [6.45, 7) is 13.3. The largest absolute Gasteiger partial charge is 0.378 e. The van der Waals surface area contributed by atoms with Crippen molar-refractivity contribution in [3.63, 3.8) is 0 Å². The molecule has 9 atom stereocenters. The second kappa shape index (κ2) is 8.30. The molecule has 31 heavy (non-hydrogen) atoms. The van der Waals surface area contributed by atoms with Crippen LogP contribution in [-0.2, 0) is 9.47 Å². The number of hydrogen-bond acceptors (Lipinski definition) is 2. The van der Waals surface area contributed by atoms with Crippen LogP contribution in [-0.4, -0.2) is 24.4 Å². The summed E-state index contributed by atoms with van der Waals surface area (Å²) in [7, 11) is 0. The Bertz CT molecular complexity index is 645. The van der Waals surface area contributed by atoms with E-state index >= 15 is 0 Å². The molecule has 1 saturated heterocycles. The predicted molar refractivity (Wildman–Crippen MR) is 128 cm³/mol. The fraction of sp³-hybridized carbons (Fsp3) is 1.00. The molecule has 1 spiro atoms. The van der Waals surface area contributed by atoms with Crippen LogP contribution in [0, 0.1) is 40.4 Å². The Morgan fingerprint density at radius 1 is 1.00 bits per heavy atom. The van der Waals surface area contributed by atoms with Crippen LogP contribution in [0.15, 0.2) is 0 Å². The Morgan fingerprint density at radius 3 is 2.61 bits per heavy atom. The molecular formula is C29H50O2.